The minimum atomic E-state index is -5.86. The minimum absolute atomic E-state index is 0. The van der Waals surface area contributed by atoms with E-state index in [0.717, 1.165) is 12.1 Å². The first kappa shape index (κ1) is 18.5. The Morgan fingerprint density at radius 3 is 1.95 bits per heavy atom. The molecule has 110 valence electrons. The summed E-state index contributed by atoms with van der Waals surface area (Å²) in [4.78, 5) is 0. The molecule has 1 aromatic carbocycles. The van der Waals surface area contributed by atoms with Crippen molar-refractivity contribution in [1.29, 1.82) is 0 Å². The highest BCUT2D eigenvalue weighted by Gasteiger charge is 2.62. The van der Waals surface area contributed by atoms with Gasteiger partial charge in [0.25, 0.3) is 0 Å². The standard InChI is InChI=1S/C9H6Cl2F5NO.ClH/c10-3-1-4(11)6(5(18)2-3)7(17)8(12,13)9(14,15)16;/h1-2,7,18H,17H2;1H/t7-;/m1./s1. The third-order valence-corrected chi connectivity index (χ3v) is 2.68. The molecular weight excluding hydrogens is 339 g/mol. The first-order valence-corrected chi connectivity index (χ1v) is 5.12. The molecular formula is C9H7Cl3F5NO. The monoisotopic (exact) mass is 345 g/mol. The van der Waals surface area contributed by atoms with Crippen LogP contribution in [0.2, 0.25) is 10.0 Å². The number of hydrogen-bond acceptors (Lipinski definition) is 2. The lowest BCUT2D eigenvalue weighted by Crippen LogP contribution is -2.46. The predicted octanol–water partition coefficient (Wildman–Crippen LogP) is 4.32. The molecule has 0 aliphatic heterocycles. The molecule has 0 aliphatic rings. The fourth-order valence-corrected chi connectivity index (χ4v) is 1.84. The van der Waals surface area contributed by atoms with Crippen molar-refractivity contribution in [3.8, 4) is 5.75 Å². The Morgan fingerprint density at radius 2 is 1.58 bits per heavy atom. The van der Waals surface area contributed by atoms with Gasteiger partial charge in [-0.1, -0.05) is 23.2 Å². The third kappa shape index (κ3) is 3.53. The van der Waals surface area contributed by atoms with Crippen molar-refractivity contribution in [3.63, 3.8) is 0 Å². The lowest BCUT2D eigenvalue weighted by atomic mass is 10.00. The van der Waals surface area contributed by atoms with Crippen molar-refractivity contribution in [1.82, 2.24) is 0 Å². The number of phenols is 1. The molecule has 0 aliphatic carbocycles. The van der Waals surface area contributed by atoms with Gasteiger partial charge in [-0.2, -0.15) is 22.0 Å². The summed E-state index contributed by atoms with van der Waals surface area (Å²) in [6, 6.07) is -1.15. The maximum Gasteiger partial charge on any atom is 0.455 e. The first-order chi connectivity index (χ1) is 7.98. The normalized spacial score (nSPS) is 13.9. The minimum Gasteiger partial charge on any atom is -0.507 e. The fourth-order valence-electron chi connectivity index (χ4n) is 1.24. The van der Waals surface area contributed by atoms with Gasteiger partial charge in [-0.25, -0.2) is 0 Å². The van der Waals surface area contributed by atoms with E-state index in [1.807, 2.05) is 0 Å². The summed E-state index contributed by atoms with van der Waals surface area (Å²) in [6.07, 6.45) is -5.86. The van der Waals surface area contributed by atoms with E-state index in [4.69, 9.17) is 28.9 Å². The second-order valence-electron chi connectivity index (χ2n) is 3.42. The predicted molar refractivity (Wildman–Crippen MR) is 63.3 cm³/mol. The van der Waals surface area contributed by atoms with Crippen molar-refractivity contribution in [2.24, 2.45) is 5.73 Å². The molecule has 3 N–H and O–H groups in total. The van der Waals surface area contributed by atoms with Gasteiger partial charge >= 0.3 is 12.1 Å². The molecule has 0 saturated heterocycles. The van der Waals surface area contributed by atoms with Crippen LogP contribution in [0, 0.1) is 0 Å². The summed E-state index contributed by atoms with van der Waals surface area (Å²) in [5.41, 5.74) is 3.94. The Morgan fingerprint density at radius 1 is 1.11 bits per heavy atom. The zero-order valence-electron chi connectivity index (χ0n) is 8.81. The van der Waals surface area contributed by atoms with Gasteiger partial charge in [0.15, 0.2) is 0 Å². The van der Waals surface area contributed by atoms with Crippen LogP contribution in [0.1, 0.15) is 11.6 Å². The van der Waals surface area contributed by atoms with E-state index in [0.29, 0.717) is 0 Å². The van der Waals surface area contributed by atoms with E-state index in [-0.39, 0.29) is 17.4 Å². The first-order valence-electron chi connectivity index (χ1n) is 4.36. The molecule has 0 aromatic heterocycles. The molecule has 0 unspecified atom stereocenters. The summed E-state index contributed by atoms with van der Waals surface area (Å²) in [6.45, 7) is 0. The summed E-state index contributed by atoms with van der Waals surface area (Å²) < 4.78 is 62.4. The van der Waals surface area contributed by atoms with E-state index in [1.54, 1.807) is 0 Å². The maximum absolute atomic E-state index is 13.0. The number of benzene rings is 1. The van der Waals surface area contributed by atoms with Crippen LogP contribution in [0.4, 0.5) is 22.0 Å². The van der Waals surface area contributed by atoms with E-state index in [1.165, 1.54) is 0 Å². The van der Waals surface area contributed by atoms with Gasteiger partial charge in [0.05, 0.1) is 5.02 Å². The smallest absolute Gasteiger partial charge is 0.455 e. The average molecular weight is 347 g/mol. The zero-order valence-corrected chi connectivity index (χ0v) is 11.1. The van der Waals surface area contributed by atoms with Gasteiger partial charge in [-0.15, -0.1) is 12.4 Å². The molecule has 0 amide bonds. The lowest BCUT2D eigenvalue weighted by molar-refractivity contribution is -0.291. The highest BCUT2D eigenvalue weighted by Crippen LogP contribution is 2.47. The summed E-state index contributed by atoms with van der Waals surface area (Å²) in [5, 5.41) is 8.63. The summed E-state index contributed by atoms with van der Waals surface area (Å²) >= 11 is 10.9. The van der Waals surface area contributed by atoms with Crippen LogP contribution in [0.25, 0.3) is 0 Å². The maximum atomic E-state index is 13.0. The highest BCUT2D eigenvalue weighted by atomic mass is 35.5. The Bertz CT molecular complexity index is 443. The highest BCUT2D eigenvalue weighted by molar-refractivity contribution is 6.35. The molecule has 0 bridgehead atoms. The molecule has 1 rings (SSSR count). The fraction of sp³-hybridized carbons (Fsp3) is 0.333. The molecule has 1 atom stereocenters. The van der Waals surface area contributed by atoms with Gasteiger partial charge in [0, 0.05) is 10.6 Å². The van der Waals surface area contributed by atoms with Gasteiger partial charge in [0.2, 0.25) is 0 Å². The van der Waals surface area contributed by atoms with E-state index >= 15 is 0 Å². The van der Waals surface area contributed by atoms with Crippen LogP contribution in [-0.4, -0.2) is 17.2 Å². The number of rotatable bonds is 2. The van der Waals surface area contributed by atoms with Crippen LogP contribution in [0.15, 0.2) is 12.1 Å². The number of aromatic hydroxyl groups is 1. The Labute approximate surface area is 120 Å². The second kappa shape index (κ2) is 5.87. The summed E-state index contributed by atoms with van der Waals surface area (Å²) in [5.74, 6) is -6.16. The molecule has 10 heteroatoms. The lowest BCUT2D eigenvalue weighted by Gasteiger charge is -2.27. The number of nitrogens with two attached hydrogens (primary N) is 1. The van der Waals surface area contributed by atoms with Crippen LogP contribution >= 0.6 is 35.6 Å². The third-order valence-electron chi connectivity index (χ3n) is 2.15. The Balaban J connectivity index is 0.00000324. The van der Waals surface area contributed by atoms with Gasteiger partial charge in [0.1, 0.15) is 11.8 Å². The average Bonchev–Trinajstić information content (AvgIpc) is 2.13. The number of phenolic OH excluding ortho intramolecular Hbond substituents is 1. The quantitative estimate of drug-likeness (QED) is 0.784. The van der Waals surface area contributed by atoms with E-state index in [9.17, 15) is 27.1 Å². The second-order valence-corrected chi connectivity index (χ2v) is 4.26. The molecule has 0 radical (unpaired) electrons. The molecule has 0 spiro atoms. The number of halogens is 8. The summed E-state index contributed by atoms with van der Waals surface area (Å²) in [7, 11) is 0. The van der Waals surface area contributed by atoms with Gasteiger partial charge in [-0.3, -0.25) is 0 Å². The molecule has 0 heterocycles. The van der Waals surface area contributed by atoms with Crippen molar-refractivity contribution in [2.45, 2.75) is 18.1 Å². The molecule has 1 aromatic rings. The van der Waals surface area contributed by atoms with Crippen molar-refractivity contribution < 1.29 is 27.1 Å². The SMILES string of the molecule is Cl.N[C@H](c1c(O)cc(Cl)cc1Cl)C(F)(F)C(F)(F)F. The molecule has 0 fully saturated rings. The van der Waals surface area contributed by atoms with Crippen LogP contribution in [0.5, 0.6) is 5.75 Å². The van der Waals surface area contributed by atoms with E-state index < -0.39 is 34.5 Å². The Kier molecular flexibility index (Phi) is 5.71. The van der Waals surface area contributed by atoms with Gasteiger partial charge in [-0.05, 0) is 12.1 Å². The Hall–Kier alpha value is -0.500. The van der Waals surface area contributed by atoms with Gasteiger partial charge < -0.3 is 10.8 Å². The molecule has 19 heavy (non-hydrogen) atoms. The van der Waals surface area contributed by atoms with E-state index in [2.05, 4.69) is 0 Å². The van der Waals surface area contributed by atoms with Crippen molar-refractivity contribution >= 4 is 35.6 Å². The zero-order chi connectivity index (χ0) is 14.3. The van der Waals surface area contributed by atoms with Crippen LogP contribution in [-0.2, 0) is 0 Å². The largest absolute Gasteiger partial charge is 0.507 e. The van der Waals surface area contributed by atoms with Crippen molar-refractivity contribution in [3.05, 3.63) is 27.7 Å². The topological polar surface area (TPSA) is 46.2 Å². The molecule has 2 nitrogen and oxygen atoms in total. The number of alkyl halides is 5. The van der Waals surface area contributed by atoms with Crippen LogP contribution in [0.3, 0.4) is 0 Å². The van der Waals surface area contributed by atoms with Crippen molar-refractivity contribution in [2.75, 3.05) is 0 Å². The van der Waals surface area contributed by atoms with Crippen LogP contribution < -0.4 is 5.73 Å². The molecule has 0 saturated carbocycles. The number of hydrogen-bond donors (Lipinski definition) is 2.